The number of hydrogen-bond acceptors (Lipinski definition) is 3. The average Bonchev–Trinajstić information content (AvgIpc) is 3.25. The third-order valence-corrected chi connectivity index (χ3v) is 13.2. The Morgan fingerprint density at radius 2 is 1.18 bits per heavy atom. The van der Waals surface area contributed by atoms with E-state index in [0.29, 0.717) is 17.4 Å². The monoisotopic (exact) mass is 560 g/mol. The first-order chi connectivity index (χ1) is 19.3. The van der Waals surface area contributed by atoms with Gasteiger partial charge in [0.15, 0.2) is 0 Å². The van der Waals surface area contributed by atoms with Crippen LogP contribution in [0.2, 0.25) is 0 Å². The largest absolute Gasteiger partial charge is 0.393 e. The molecule has 4 saturated carbocycles. The van der Waals surface area contributed by atoms with Gasteiger partial charge < -0.3 is 10.2 Å². The summed E-state index contributed by atoms with van der Waals surface area (Å²) in [7, 11) is 0. The Bertz CT molecular complexity index is 709. The molecule has 4 aliphatic rings. The molecule has 9 atom stereocenters. The first-order valence-corrected chi connectivity index (χ1v) is 18.4. The van der Waals surface area contributed by atoms with Crippen LogP contribution >= 0.6 is 0 Å². The predicted octanol–water partition coefficient (Wildman–Crippen LogP) is 9.53. The third kappa shape index (κ3) is 7.50. The van der Waals surface area contributed by atoms with Gasteiger partial charge in [-0.15, -0.1) is 0 Å². The molecule has 4 rings (SSSR count). The smallest absolute Gasteiger partial charge is 0.0698 e. The van der Waals surface area contributed by atoms with Gasteiger partial charge in [0, 0.05) is 6.04 Å². The summed E-state index contributed by atoms with van der Waals surface area (Å²) in [6, 6.07) is 0.350. The summed E-state index contributed by atoms with van der Waals surface area (Å²) >= 11 is 0. The molecule has 234 valence electrons. The molecule has 4 fully saturated rings. The van der Waals surface area contributed by atoms with Crippen LogP contribution in [0.1, 0.15) is 169 Å². The number of fused-ring (bicyclic) bond motifs is 5. The van der Waals surface area contributed by atoms with Gasteiger partial charge in [0.2, 0.25) is 0 Å². The molecule has 0 radical (unpaired) electrons. The Labute approximate surface area is 249 Å². The summed E-state index contributed by atoms with van der Waals surface area (Å²) in [6.45, 7) is 12.1. The van der Waals surface area contributed by atoms with Crippen LogP contribution in [-0.4, -0.2) is 46.5 Å². The molecule has 3 nitrogen and oxygen atoms in total. The molecule has 3 heteroatoms. The molecule has 4 aliphatic carbocycles. The van der Waals surface area contributed by atoms with Gasteiger partial charge in [0.25, 0.3) is 0 Å². The van der Waals surface area contributed by atoms with E-state index in [1.165, 1.54) is 142 Å². The SMILES string of the molecule is CCCCCCCCCN(CCCCCCCCC)[C@H]1C[C@@]2(C)[C@@H](CC[C@@H]3[C@@H]2CC[C@]2(C)[C@@H](O)CC[C@@H]32)C[C@@H]1O. The van der Waals surface area contributed by atoms with Crippen molar-refractivity contribution >= 4 is 0 Å². The van der Waals surface area contributed by atoms with E-state index >= 15 is 0 Å². The van der Waals surface area contributed by atoms with Gasteiger partial charge in [-0.25, -0.2) is 0 Å². The van der Waals surface area contributed by atoms with E-state index in [1.807, 2.05) is 0 Å². The Balaban J connectivity index is 1.39. The highest BCUT2D eigenvalue weighted by Crippen LogP contribution is 2.66. The Hall–Kier alpha value is -0.120. The molecule has 0 aromatic rings. The number of nitrogens with zero attached hydrogens (tertiary/aromatic N) is 1. The molecule has 0 spiro atoms. The molecule has 40 heavy (non-hydrogen) atoms. The van der Waals surface area contributed by atoms with Gasteiger partial charge in [0.1, 0.15) is 0 Å². The summed E-state index contributed by atoms with van der Waals surface area (Å²) in [5.74, 6) is 3.01. The van der Waals surface area contributed by atoms with Crippen LogP contribution in [0.4, 0.5) is 0 Å². The maximum Gasteiger partial charge on any atom is 0.0698 e. The molecule has 0 heterocycles. The first-order valence-electron chi connectivity index (χ1n) is 18.4. The van der Waals surface area contributed by atoms with Crippen LogP contribution in [0.15, 0.2) is 0 Å². The summed E-state index contributed by atoms with van der Waals surface area (Å²) in [4.78, 5) is 2.79. The molecule has 0 bridgehead atoms. The molecule has 0 aromatic carbocycles. The van der Waals surface area contributed by atoms with Crippen molar-refractivity contribution in [3.8, 4) is 0 Å². The van der Waals surface area contributed by atoms with Crippen LogP contribution in [0.25, 0.3) is 0 Å². The highest BCUT2D eigenvalue weighted by Gasteiger charge is 2.61. The Morgan fingerprint density at radius 3 is 1.77 bits per heavy atom. The summed E-state index contributed by atoms with van der Waals surface area (Å²) < 4.78 is 0. The fourth-order valence-electron chi connectivity index (χ4n) is 10.6. The lowest BCUT2D eigenvalue weighted by Crippen LogP contribution is -2.60. The molecule has 0 aromatic heterocycles. The first kappa shape index (κ1) is 32.8. The van der Waals surface area contributed by atoms with Crippen LogP contribution in [-0.2, 0) is 0 Å². The van der Waals surface area contributed by atoms with Crippen molar-refractivity contribution in [2.75, 3.05) is 13.1 Å². The quantitative estimate of drug-likeness (QED) is 0.174. The van der Waals surface area contributed by atoms with E-state index in [0.717, 1.165) is 30.6 Å². The summed E-state index contributed by atoms with van der Waals surface area (Å²) in [6.07, 6.45) is 28.6. The standard InChI is InChI=1S/C37H69NO2/c1-5-7-9-11-13-15-17-25-38(26-18-16-14-12-10-8-6-2)33-28-37(4)29(27-34(33)39)19-20-30-31-21-22-35(40)36(31,3)24-23-32(30)37/h29-35,39-40H,5-28H2,1-4H3/t29-,30-,31-,32-,33-,34-,35-,36-,37-/m0/s1. The number of hydrogen-bond donors (Lipinski definition) is 2. The molecule has 0 amide bonds. The van der Waals surface area contributed by atoms with Crippen LogP contribution in [0.3, 0.4) is 0 Å². The van der Waals surface area contributed by atoms with Crippen LogP contribution in [0.5, 0.6) is 0 Å². The van der Waals surface area contributed by atoms with Gasteiger partial charge in [-0.05, 0) is 112 Å². The van der Waals surface area contributed by atoms with Gasteiger partial charge in [0.05, 0.1) is 12.2 Å². The lowest BCUT2D eigenvalue weighted by atomic mass is 9.44. The highest BCUT2D eigenvalue weighted by molar-refractivity contribution is 5.11. The van der Waals surface area contributed by atoms with Crippen molar-refractivity contribution in [2.45, 2.75) is 187 Å². The zero-order chi connectivity index (χ0) is 28.6. The van der Waals surface area contributed by atoms with Crippen molar-refractivity contribution in [3.05, 3.63) is 0 Å². The predicted molar refractivity (Wildman–Crippen MR) is 170 cm³/mol. The average molecular weight is 560 g/mol. The maximum absolute atomic E-state index is 11.6. The number of aliphatic hydroxyl groups excluding tert-OH is 2. The van der Waals surface area contributed by atoms with Crippen molar-refractivity contribution in [2.24, 2.45) is 34.5 Å². The van der Waals surface area contributed by atoms with Crippen molar-refractivity contribution < 1.29 is 10.2 Å². The minimum absolute atomic E-state index is 0.0793. The lowest BCUT2D eigenvalue weighted by Gasteiger charge is -2.62. The fourth-order valence-corrected chi connectivity index (χ4v) is 10.6. The zero-order valence-electron chi connectivity index (χ0n) is 27.4. The molecule has 0 aliphatic heterocycles. The minimum Gasteiger partial charge on any atom is -0.393 e. The molecule has 2 N–H and O–H groups in total. The zero-order valence-corrected chi connectivity index (χ0v) is 27.4. The normalized spacial score (nSPS) is 39.2. The Morgan fingerprint density at radius 1 is 0.625 bits per heavy atom. The minimum atomic E-state index is -0.147. The number of rotatable bonds is 17. The van der Waals surface area contributed by atoms with E-state index < -0.39 is 0 Å². The molecule has 0 saturated heterocycles. The van der Waals surface area contributed by atoms with E-state index in [-0.39, 0.29) is 17.6 Å². The topological polar surface area (TPSA) is 43.7 Å². The second-order valence-electron chi connectivity index (χ2n) is 15.6. The van der Waals surface area contributed by atoms with Gasteiger partial charge in [-0.3, -0.25) is 4.90 Å². The van der Waals surface area contributed by atoms with Gasteiger partial charge >= 0.3 is 0 Å². The van der Waals surface area contributed by atoms with Crippen LogP contribution in [0, 0.1) is 34.5 Å². The molecule has 0 unspecified atom stereocenters. The van der Waals surface area contributed by atoms with Gasteiger partial charge in [-0.2, -0.15) is 0 Å². The number of unbranched alkanes of at least 4 members (excludes halogenated alkanes) is 12. The second kappa shape index (κ2) is 15.6. The molecular weight excluding hydrogens is 490 g/mol. The van der Waals surface area contributed by atoms with E-state index in [1.54, 1.807) is 0 Å². The van der Waals surface area contributed by atoms with Crippen molar-refractivity contribution in [1.29, 1.82) is 0 Å². The van der Waals surface area contributed by atoms with E-state index in [4.69, 9.17) is 0 Å². The van der Waals surface area contributed by atoms with Gasteiger partial charge in [-0.1, -0.05) is 105 Å². The van der Waals surface area contributed by atoms with Crippen molar-refractivity contribution in [1.82, 2.24) is 4.90 Å². The van der Waals surface area contributed by atoms with E-state index in [9.17, 15) is 10.2 Å². The molecular formula is C37H69NO2. The number of aliphatic hydroxyl groups is 2. The van der Waals surface area contributed by atoms with Crippen LogP contribution < -0.4 is 0 Å². The fraction of sp³-hybridized carbons (Fsp3) is 1.00. The lowest BCUT2D eigenvalue weighted by molar-refractivity contribution is -0.153. The Kier molecular flexibility index (Phi) is 12.8. The maximum atomic E-state index is 11.6. The third-order valence-electron chi connectivity index (χ3n) is 13.2. The second-order valence-corrected chi connectivity index (χ2v) is 15.6. The summed E-state index contributed by atoms with van der Waals surface area (Å²) in [5.41, 5.74) is 0.526. The highest BCUT2D eigenvalue weighted by atomic mass is 16.3. The summed E-state index contributed by atoms with van der Waals surface area (Å²) in [5, 5.41) is 22.5. The van der Waals surface area contributed by atoms with Crippen molar-refractivity contribution in [3.63, 3.8) is 0 Å². The van der Waals surface area contributed by atoms with E-state index in [2.05, 4.69) is 32.6 Å².